The molecule has 0 radical (unpaired) electrons. The Balaban J connectivity index is 2.68. The zero-order valence-electron chi connectivity index (χ0n) is 9.62. The molecule has 0 aliphatic rings. The first-order chi connectivity index (χ1) is 7.52. The van der Waals surface area contributed by atoms with Gasteiger partial charge in [-0.2, -0.15) is 0 Å². The van der Waals surface area contributed by atoms with Crippen LogP contribution in [0.25, 0.3) is 10.9 Å². The number of rotatable bonds is 1. The molecule has 2 nitrogen and oxygen atoms in total. The molecule has 0 atom stereocenters. The average molecular weight is 236 g/mol. The molecule has 84 valence electrons. The van der Waals surface area contributed by atoms with Crippen LogP contribution in [0.15, 0.2) is 30.3 Å². The molecule has 0 unspecified atom stereocenters. The zero-order chi connectivity index (χ0) is 11.8. The van der Waals surface area contributed by atoms with Crippen molar-refractivity contribution >= 4 is 22.8 Å². The van der Waals surface area contributed by atoms with E-state index in [2.05, 4.69) is 25.8 Å². The van der Waals surface area contributed by atoms with Gasteiger partial charge in [-0.3, -0.25) is 0 Å². The van der Waals surface area contributed by atoms with Crippen LogP contribution in [0.4, 0.5) is 0 Å². The molecule has 0 aliphatic heterocycles. The minimum Gasteiger partial charge on any atom is -0.383 e. The fourth-order valence-corrected chi connectivity index (χ4v) is 1.72. The Morgan fingerprint density at radius 2 is 1.88 bits per heavy atom. The van der Waals surface area contributed by atoms with Gasteiger partial charge in [-0.1, -0.05) is 39.0 Å². The number of halogens is 1. The fraction of sp³-hybridized carbons (Fsp3) is 0.308. The lowest BCUT2D eigenvalue weighted by Crippen LogP contribution is -2.13. The summed E-state index contributed by atoms with van der Waals surface area (Å²) in [5.74, 6) is 0.602. The molecule has 1 aromatic heterocycles. The standard InChI is InChI=1S/C13H14ClNO/c1-13(2,3)11-8-7-9-5-4-6-10(16-14)12(9)15-11/h4-8H,1-3H3. The first kappa shape index (κ1) is 11.2. The number of pyridine rings is 1. The van der Waals surface area contributed by atoms with Crippen molar-refractivity contribution in [3.8, 4) is 5.75 Å². The summed E-state index contributed by atoms with van der Waals surface area (Å²) in [7, 11) is 0. The zero-order valence-corrected chi connectivity index (χ0v) is 10.4. The minimum atomic E-state index is 0.0214. The second kappa shape index (κ2) is 3.95. The van der Waals surface area contributed by atoms with Crippen molar-refractivity contribution in [1.29, 1.82) is 0 Å². The van der Waals surface area contributed by atoms with Crippen molar-refractivity contribution in [2.75, 3.05) is 0 Å². The quantitative estimate of drug-likeness (QED) is 0.744. The predicted molar refractivity (Wildman–Crippen MR) is 66.9 cm³/mol. The minimum absolute atomic E-state index is 0.0214. The van der Waals surface area contributed by atoms with E-state index in [0.29, 0.717) is 5.75 Å². The molecule has 0 spiro atoms. The summed E-state index contributed by atoms with van der Waals surface area (Å²) >= 11 is 5.43. The SMILES string of the molecule is CC(C)(C)c1ccc2cccc(OCl)c2n1. The van der Waals surface area contributed by atoms with E-state index in [-0.39, 0.29) is 5.41 Å². The molecule has 0 N–H and O–H groups in total. The van der Waals surface area contributed by atoms with Crippen LogP contribution < -0.4 is 4.29 Å². The summed E-state index contributed by atoms with van der Waals surface area (Å²) in [6.45, 7) is 6.39. The van der Waals surface area contributed by atoms with Gasteiger partial charge in [0.25, 0.3) is 0 Å². The summed E-state index contributed by atoms with van der Waals surface area (Å²) < 4.78 is 4.80. The van der Waals surface area contributed by atoms with Crippen molar-refractivity contribution in [2.24, 2.45) is 0 Å². The van der Waals surface area contributed by atoms with Crippen molar-refractivity contribution in [3.63, 3.8) is 0 Å². The van der Waals surface area contributed by atoms with E-state index in [9.17, 15) is 0 Å². The lowest BCUT2D eigenvalue weighted by molar-refractivity contribution is 0.569. The average Bonchev–Trinajstić information content (AvgIpc) is 2.26. The maximum Gasteiger partial charge on any atom is 0.172 e. The first-order valence-electron chi connectivity index (χ1n) is 5.21. The highest BCUT2D eigenvalue weighted by atomic mass is 35.5. The first-order valence-corrected chi connectivity index (χ1v) is 5.52. The molecular formula is C13H14ClNO. The normalized spacial score (nSPS) is 11.8. The number of aromatic nitrogens is 1. The summed E-state index contributed by atoms with van der Waals surface area (Å²) in [6.07, 6.45) is 0. The van der Waals surface area contributed by atoms with Gasteiger partial charge in [-0.25, -0.2) is 4.98 Å². The molecule has 0 fully saturated rings. The van der Waals surface area contributed by atoms with Crippen LogP contribution in [-0.4, -0.2) is 4.98 Å². The molecule has 0 bridgehead atoms. The van der Waals surface area contributed by atoms with E-state index in [1.165, 1.54) is 0 Å². The highest BCUT2D eigenvalue weighted by Crippen LogP contribution is 2.28. The van der Waals surface area contributed by atoms with Gasteiger partial charge in [0.1, 0.15) is 17.4 Å². The third kappa shape index (κ3) is 1.98. The van der Waals surface area contributed by atoms with Crippen LogP contribution in [0.1, 0.15) is 26.5 Å². The van der Waals surface area contributed by atoms with Crippen LogP contribution in [0.5, 0.6) is 5.75 Å². The van der Waals surface area contributed by atoms with Gasteiger partial charge in [-0.05, 0) is 12.1 Å². The number of para-hydroxylation sites is 1. The monoisotopic (exact) mass is 235 g/mol. The van der Waals surface area contributed by atoms with E-state index in [0.717, 1.165) is 16.6 Å². The Kier molecular flexibility index (Phi) is 2.76. The fourth-order valence-electron chi connectivity index (χ4n) is 1.60. The number of benzene rings is 1. The molecule has 2 rings (SSSR count). The van der Waals surface area contributed by atoms with Crippen LogP contribution in [0.2, 0.25) is 0 Å². The van der Waals surface area contributed by atoms with E-state index in [1.54, 1.807) is 0 Å². The molecule has 1 heterocycles. The van der Waals surface area contributed by atoms with E-state index in [1.807, 2.05) is 30.3 Å². The van der Waals surface area contributed by atoms with E-state index >= 15 is 0 Å². The topological polar surface area (TPSA) is 22.1 Å². The van der Waals surface area contributed by atoms with Gasteiger partial charge in [0.2, 0.25) is 0 Å². The largest absolute Gasteiger partial charge is 0.383 e. The second-order valence-electron chi connectivity index (χ2n) is 4.85. The molecule has 0 amide bonds. The Hall–Kier alpha value is -1.28. The third-order valence-corrected chi connectivity index (χ3v) is 2.70. The highest BCUT2D eigenvalue weighted by Gasteiger charge is 2.16. The molecule has 16 heavy (non-hydrogen) atoms. The summed E-state index contributed by atoms with van der Waals surface area (Å²) in [5, 5.41) is 1.03. The molecule has 0 saturated heterocycles. The molecule has 0 aliphatic carbocycles. The van der Waals surface area contributed by atoms with Crippen LogP contribution >= 0.6 is 11.9 Å². The molecule has 0 saturated carbocycles. The van der Waals surface area contributed by atoms with E-state index in [4.69, 9.17) is 16.2 Å². The van der Waals surface area contributed by atoms with Gasteiger partial charge in [0.15, 0.2) is 5.75 Å². The van der Waals surface area contributed by atoms with Crippen molar-refractivity contribution in [3.05, 3.63) is 36.0 Å². The Bertz CT molecular complexity index is 517. The predicted octanol–water partition coefficient (Wildman–Crippen LogP) is 4.06. The van der Waals surface area contributed by atoms with Gasteiger partial charge < -0.3 is 4.29 Å². The van der Waals surface area contributed by atoms with Gasteiger partial charge >= 0.3 is 0 Å². The second-order valence-corrected chi connectivity index (χ2v) is 5.01. The molecule has 3 heteroatoms. The van der Waals surface area contributed by atoms with Gasteiger partial charge in [-0.15, -0.1) is 0 Å². The molecule has 2 aromatic rings. The maximum atomic E-state index is 5.43. The summed E-state index contributed by atoms with van der Waals surface area (Å²) in [6, 6.07) is 9.80. The maximum absolute atomic E-state index is 5.43. The van der Waals surface area contributed by atoms with Gasteiger partial charge in [0, 0.05) is 16.5 Å². The number of nitrogens with zero attached hydrogens (tertiary/aromatic N) is 1. The summed E-state index contributed by atoms with van der Waals surface area (Å²) in [5.41, 5.74) is 1.86. The summed E-state index contributed by atoms with van der Waals surface area (Å²) in [4.78, 5) is 4.61. The lowest BCUT2D eigenvalue weighted by atomic mass is 9.91. The van der Waals surface area contributed by atoms with Crippen LogP contribution in [0.3, 0.4) is 0 Å². The lowest BCUT2D eigenvalue weighted by Gasteiger charge is -2.18. The van der Waals surface area contributed by atoms with Crippen molar-refractivity contribution in [2.45, 2.75) is 26.2 Å². The van der Waals surface area contributed by atoms with Crippen molar-refractivity contribution in [1.82, 2.24) is 4.98 Å². The Labute approximate surface area is 100 Å². The van der Waals surface area contributed by atoms with Crippen LogP contribution in [0, 0.1) is 0 Å². The molecule has 1 aromatic carbocycles. The number of fused-ring (bicyclic) bond motifs is 1. The molecular weight excluding hydrogens is 222 g/mol. The Morgan fingerprint density at radius 1 is 1.12 bits per heavy atom. The smallest absolute Gasteiger partial charge is 0.172 e. The highest BCUT2D eigenvalue weighted by molar-refractivity contribution is 6.10. The van der Waals surface area contributed by atoms with Crippen LogP contribution in [-0.2, 0) is 5.41 Å². The third-order valence-electron chi connectivity index (χ3n) is 2.53. The Morgan fingerprint density at radius 3 is 2.50 bits per heavy atom. The van der Waals surface area contributed by atoms with Gasteiger partial charge in [0.05, 0.1) is 0 Å². The van der Waals surface area contributed by atoms with E-state index < -0.39 is 0 Å². The number of hydrogen-bond acceptors (Lipinski definition) is 2. The van der Waals surface area contributed by atoms with Crippen molar-refractivity contribution < 1.29 is 4.29 Å². The number of hydrogen-bond donors (Lipinski definition) is 0.